The first kappa shape index (κ1) is 18.1. The molecule has 2 aliphatic rings. The maximum atomic E-state index is 12.8. The Kier molecular flexibility index (Phi) is 6.64. The predicted molar refractivity (Wildman–Crippen MR) is 93.1 cm³/mol. The summed E-state index contributed by atoms with van der Waals surface area (Å²) in [4.78, 5) is 16.7. The van der Waals surface area contributed by atoms with Crippen LogP contribution in [0.4, 0.5) is 4.39 Å². The molecule has 0 aliphatic carbocycles. The van der Waals surface area contributed by atoms with Crippen LogP contribution in [0.3, 0.4) is 0 Å². The summed E-state index contributed by atoms with van der Waals surface area (Å²) in [5.74, 6) is 0.425. The quantitative estimate of drug-likeness (QED) is 0.790. The van der Waals surface area contributed by atoms with Crippen molar-refractivity contribution in [2.75, 3.05) is 45.9 Å². The van der Waals surface area contributed by atoms with E-state index < -0.39 is 0 Å². The average molecular weight is 350 g/mol. The van der Waals surface area contributed by atoms with Gasteiger partial charge < -0.3 is 14.4 Å². The summed E-state index contributed by atoms with van der Waals surface area (Å²) >= 11 is 0. The lowest BCUT2D eigenvalue weighted by Gasteiger charge is -2.24. The lowest BCUT2D eigenvalue weighted by Crippen LogP contribution is -2.37. The van der Waals surface area contributed by atoms with Gasteiger partial charge >= 0.3 is 0 Å². The Labute approximate surface area is 148 Å². The number of benzene rings is 1. The Morgan fingerprint density at radius 2 is 2.00 bits per heavy atom. The normalized spacial score (nSPS) is 22.0. The van der Waals surface area contributed by atoms with Crippen LogP contribution in [0.5, 0.6) is 5.75 Å². The first-order valence-electron chi connectivity index (χ1n) is 9.21. The molecule has 2 aliphatic heterocycles. The molecule has 0 bridgehead atoms. The molecule has 0 saturated carbocycles. The van der Waals surface area contributed by atoms with Crippen molar-refractivity contribution in [3.05, 3.63) is 30.1 Å². The van der Waals surface area contributed by atoms with Crippen LogP contribution < -0.4 is 4.74 Å². The minimum absolute atomic E-state index is 0.126. The van der Waals surface area contributed by atoms with Gasteiger partial charge in [0.15, 0.2) is 0 Å². The third-order valence-corrected chi connectivity index (χ3v) is 4.83. The number of ether oxygens (including phenoxy) is 2. The molecule has 0 aromatic heterocycles. The number of halogens is 1. The van der Waals surface area contributed by atoms with Crippen LogP contribution in [0.25, 0.3) is 0 Å². The summed E-state index contributed by atoms with van der Waals surface area (Å²) in [6.45, 7) is 5.69. The highest BCUT2D eigenvalue weighted by molar-refractivity contribution is 5.76. The molecule has 6 heteroatoms. The maximum Gasteiger partial charge on any atom is 0.226 e. The predicted octanol–water partition coefficient (Wildman–Crippen LogP) is 2.31. The molecule has 0 N–H and O–H groups in total. The second kappa shape index (κ2) is 9.15. The van der Waals surface area contributed by atoms with Crippen molar-refractivity contribution in [2.24, 2.45) is 0 Å². The topological polar surface area (TPSA) is 42.0 Å². The van der Waals surface area contributed by atoms with E-state index >= 15 is 0 Å². The summed E-state index contributed by atoms with van der Waals surface area (Å²) in [5.41, 5.74) is 0. The van der Waals surface area contributed by atoms with Gasteiger partial charge in [-0.3, -0.25) is 9.69 Å². The Bertz CT molecular complexity index is 546. The Morgan fingerprint density at radius 3 is 2.76 bits per heavy atom. The fraction of sp³-hybridized carbons (Fsp3) is 0.632. The van der Waals surface area contributed by atoms with Gasteiger partial charge in [-0.05, 0) is 50.1 Å². The van der Waals surface area contributed by atoms with Crippen molar-refractivity contribution in [3.8, 4) is 5.75 Å². The second-order valence-electron chi connectivity index (χ2n) is 6.72. The van der Waals surface area contributed by atoms with Gasteiger partial charge in [0.25, 0.3) is 0 Å². The van der Waals surface area contributed by atoms with Gasteiger partial charge in [-0.2, -0.15) is 0 Å². The van der Waals surface area contributed by atoms with E-state index in [0.29, 0.717) is 24.9 Å². The van der Waals surface area contributed by atoms with Crippen LogP contribution in [-0.4, -0.2) is 67.7 Å². The van der Waals surface area contributed by atoms with Crippen molar-refractivity contribution < 1.29 is 18.7 Å². The molecule has 2 saturated heterocycles. The zero-order valence-electron chi connectivity index (χ0n) is 14.7. The molecule has 138 valence electrons. The van der Waals surface area contributed by atoms with E-state index in [4.69, 9.17) is 9.47 Å². The minimum Gasteiger partial charge on any atom is -0.493 e. The van der Waals surface area contributed by atoms with E-state index in [1.165, 1.54) is 12.1 Å². The molecular formula is C19H27FN2O3. The van der Waals surface area contributed by atoms with Crippen LogP contribution in [0.2, 0.25) is 0 Å². The van der Waals surface area contributed by atoms with Crippen molar-refractivity contribution in [1.82, 2.24) is 9.80 Å². The minimum atomic E-state index is -0.291. The number of amides is 1. The maximum absolute atomic E-state index is 12.8. The lowest BCUT2D eigenvalue weighted by atomic mass is 10.2. The molecule has 3 rings (SSSR count). The first-order valence-corrected chi connectivity index (χ1v) is 9.21. The van der Waals surface area contributed by atoms with Gasteiger partial charge in [-0.15, -0.1) is 0 Å². The van der Waals surface area contributed by atoms with Crippen molar-refractivity contribution in [3.63, 3.8) is 0 Å². The standard InChI is InChI=1S/C19H27FN2O3/c20-16-4-6-17(7-5-16)25-14-8-19(23)22-10-2-9-21(11-12-22)15-18-3-1-13-24-18/h4-7,18H,1-3,8-15H2. The second-order valence-corrected chi connectivity index (χ2v) is 6.72. The molecule has 0 spiro atoms. The highest BCUT2D eigenvalue weighted by atomic mass is 19.1. The third kappa shape index (κ3) is 5.68. The van der Waals surface area contributed by atoms with Crippen LogP contribution in [0.1, 0.15) is 25.7 Å². The Balaban J connectivity index is 1.37. The molecule has 1 atom stereocenters. The average Bonchev–Trinajstić information content (AvgIpc) is 3.01. The molecule has 1 amide bonds. The molecule has 2 heterocycles. The van der Waals surface area contributed by atoms with Gasteiger partial charge in [0.2, 0.25) is 5.91 Å². The summed E-state index contributed by atoms with van der Waals surface area (Å²) < 4.78 is 24.1. The van der Waals surface area contributed by atoms with Gasteiger partial charge in [0.05, 0.1) is 19.1 Å². The van der Waals surface area contributed by atoms with Gasteiger partial charge in [0, 0.05) is 32.8 Å². The molecule has 1 aromatic rings. The number of carbonyl (C=O) groups excluding carboxylic acids is 1. The molecule has 25 heavy (non-hydrogen) atoms. The highest BCUT2D eigenvalue weighted by Crippen LogP contribution is 2.15. The Morgan fingerprint density at radius 1 is 1.16 bits per heavy atom. The molecule has 0 radical (unpaired) electrons. The molecule has 5 nitrogen and oxygen atoms in total. The summed E-state index contributed by atoms with van der Waals surface area (Å²) in [6.07, 6.45) is 4.03. The first-order chi connectivity index (χ1) is 12.2. The van der Waals surface area contributed by atoms with E-state index in [1.54, 1.807) is 12.1 Å². The summed E-state index contributed by atoms with van der Waals surface area (Å²) in [7, 11) is 0. The smallest absolute Gasteiger partial charge is 0.226 e. The number of rotatable bonds is 6. The van der Waals surface area contributed by atoms with Crippen LogP contribution in [0, 0.1) is 5.82 Å². The number of hydrogen-bond acceptors (Lipinski definition) is 4. The molecule has 1 aromatic carbocycles. The third-order valence-electron chi connectivity index (χ3n) is 4.83. The summed E-state index contributed by atoms with van der Waals surface area (Å²) in [5, 5.41) is 0. The molecule has 1 unspecified atom stereocenters. The van der Waals surface area contributed by atoms with E-state index in [-0.39, 0.29) is 11.7 Å². The number of nitrogens with zero attached hydrogens (tertiary/aromatic N) is 2. The molecular weight excluding hydrogens is 323 g/mol. The van der Waals surface area contributed by atoms with Crippen LogP contribution in [0.15, 0.2) is 24.3 Å². The zero-order chi connectivity index (χ0) is 17.5. The van der Waals surface area contributed by atoms with E-state index in [2.05, 4.69) is 4.90 Å². The fourth-order valence-electron chi connectivity index (χ4n) is 3.42. The van der Waals surface area contributed by atoms with Crippen molar-refractivity contribution in [2.45, 2.75) is 31.8 Å². The highest BCUT2D eigenvalue weighted by Gasteiger charge is 2.23. The van der Waals surface area contributed by atoms with E-state index in [9.17, 15) is 9.18 Å². The Hall–Kier alpha value is -1.66. The monoisotopic (exact) mass is 350 g/mol. The van der Waals surface area contributed by atoms with E-state index in [1.807, 2.05) is 4.90 Å². The van der Waals surface area contributed by atoms with Crippen molar-refractivity contribution >= 4 is 5.91 Å². The summed E-state index contributed by atoms with van der Waals surface area (Å²) in [6, 6.07) is 5.87. The largest absolute Gasteiger partial charge is 0.493 e. The SMILES string of the molecule is O=C(CCOc1ccc(F)cc1)N1CCCN(CC2CCCO2)CC1. The zero-order valence-corrected chi connectivity index (χ0v) is 14.7. The van der Waals surface area contributed by atoms with Crippen molar-refractivity contribution in [1.29, 1.82) is 0 Å². The van der Waals surface area contributed by atoms with E-state index in [0.717, 1.165) is 58.6 Å². The molecule has 2 fully saturated rings. The van der Waals surface area contributed by atoms with Crippen LogP contribution >= 0.6 is 0 Å². The lowest BCUT2D eigenvalue weighted by molar-refractivity contribution is -0.131. The number of hydrogen-bond donors (Lipinski definition) is 0. The van der Waals surface area contributed by atoms with Gasteiger partial charge in [-0.25, -0.2) is 4.39 Å². The number of carbonyl (C=O) groups is 1. The van der Waals surface area contributed by atoms with Gasteiger partial charge in [0.1, 0.15) is 11.6 Å². The van der Waals surface area contributed by atoms with Gasteiger partial charge in [-0.1, -0.05) is 0 Å². The van der Waals surface area contributed by atoms with Crippen LogP contribution in [-0.2, 0) is 9.53 Å². The fourth-order valence-corrected chi connectivity index (χ4v) is 3.42.